The summed E-state index contributed by atoms with van der Waals surface area (Å²) in [7, 11) is 2.15. The molecular formula is C8H18ClN. The van der Waals surface area contributed by atoms with Gasteiger partial charge in [-0.3, -0.25) is 0 Å². The predicted octanol–water partition coefficient (Wildman–Crippen LogP) is 2.35. The molecule has 1 nitrogen and oxygen atoms in total. The van der Waals surface area contributed by atoms with E-state index in [9.17, 15) is 0 Å². The van der Waals surface area contributed by atoms with Crippen molar-refractivity contribution in [2.45, 2.75) is 26.2 Å². The molecule has 0 unspecified atom stereocenters. The summed E-state index contributed by atoms with van der Waals surface area (Å²) in [6, 6.07) is 0. The van der Waals surface area contributed by atoms with Crippen LogP contribution < -0.4 is 0 Å². The van der Waals surface area contributed by atoms with E-state index in [2.05, 4.69) is 18.9 Å². The van der Waals surface area contributed by atoms with Crippen LogP contribution in [0.3, 0.4) is 0 Å². The lowest BCUT2D eigenvalue weighted by Crippen LogP contribution is -2.20. The Labute approximate surface area is 69.4 Å². The minimum absolute atomic E-state index is 0.788. The molecule has 0 atom stereocenters. The Balaban J connectivity index is 3.00. The van der Waals surface area contributed by atoms with Gasteiger partial charge in [-0.1, -0.05) is 13.3 Å². The van der Waals surface area contributed by atoms with Gasteiger partial charge in [-0.15, -0.1) is 11.6 Å². The fourth-order valence-corrected chi connectivity index (χ4v) is 0.989. The highest BCUT2D eigenvalue weighted by Crippen LogP contribution is 1.93. The molecule has 0 saturated carbocycles. The second-order valence-corrected chi connectivity index (χ2v) is 3.08. The van der Waals surface area contributed by atoms with Gasteiger partial charge in [0.05, 0.1) is 0 Å². The van der Waals surface area contributed by atoms with Gasteiger partial charge in [-0.2, -0.15) is 0 Å². The zero-order valence-corrected chi connectivity index (χ0v) is 7.82. The minimum atomic E-state index is 0.788. The highest BCUT2D eigenvalue weighted by molar-refractivity contribution is 6.17. The second-order valence-electron chi connectivity index (χ2n) is 2.70. The molecule has 0 radical (unpaired) electrons. The molecule has 0 aliphatic rings. The first-order valence-electron chi connectivity index (χ1n) is 4.05. The number of unbranched alkanes of at least 4 members (excludes halogenated alkanes) is 1. The van der Waals surface area contributed by atoms with Gasteiger partial charge < -0.3 is 4.90 Å². The number of hydrogen-bond donors (Lipinski definition) is 0. The van der Waals surface area contributed by atoms with Crippen molar-refractivity contribution < 1.29 is 0 Å². The summed E-state index contributed by atoms with van der Waals surface area (Å²) in [6.45, 7) is 4.58. The van der Waals surface area contributed by atoms with Crippen LogP contribution in [-0.4, -0.2) is 30.9 Å². The fraction of sp³-hybridized carbons (Fsp3) is 1.00. The number of alkyl halides is 1. The Bertz CT molecular complexity index is 58.3. The highest BCUT2D eigenvalue weighted by Gasteiger charge is 1.94. The van der Waals surface area contributed by atoms with Crippen LogP contribution in [0.1, 0.15) is 26.2 Å². The predicted molar refractivity (Wildman–Crippen MR) is 47.7 cm³/mol. The topological polar surface area (TPSA) is 3.24 Å². The van der Waals surface area contributed by atoms with E-state index >= 15 is 0 Å². The van der Waals surface area contributed by atoms with Gasteiger partial charge in [0.2, 0.25) is 0 Å². The van der Waals surface area contributed by atoms with Crippen LogP contribution in [-0.2, 0) is 0 Å². The van der Waals surface area contributed by atoms with E-state index in [1.807, 2.05) is 0 Å². The van der Waals surface area contributed by atoms with E-state index in [0.29, 0.717) is 0 Å². The first-order valence-corrected chi connectivity index (χ1v) is 4.59. The summed E-state index contributed by atoms with van der Waals surface area (Å²) >= 11 is 5.55. The lowest BCUT2D eigenvalue weighted by Gasteiger charge is -2.14. The van der Waals surface area contributed by atoms with Crippen LogP contribution in [0.5, 0.6) is 0 Å². The maximum Gasteiger partial charge on any atom is 0.0235 e. The molecule has 0 heterocycles. The number of halogens is 1. The van der Waals surface area contributed by atoms with Crippen molar-refractivity contribution in [1.82, 2.24) is 4.90 Å². The van der Waals surface area contributed by atoms with Gasteiger partial charge in [0.25, 0.3) is 0 Å². The van der Waals surface area contributed by atoms with Crippen LogP contribution >= 0.6 is 11.6 Å². The van der Waals surface area contributed by atoms with Gasteiger partial charge in [0.15, 0.2) is 0 Å². The Morgan fingerprint density at radius 3 is 2.30 bits per heavy atom. The highest BCUT2D eigenvalue weighted by atomic mass is 35.5. The van der Waals surface area contributed by atoms with Gasteiger partial charge >= 0.3 is 0 Å². The number of hydrogen-bond acceptors (Lipinski definition) is 1. The Hall–Kier alpha value is 0.250. The standard InChI is InChI=1S/C8H18ClN/c1-3-4-7-10(2)8-5-6-9/h3-8H2,1-2H3. The molecule has 0 fully saturated rings. The van der Waals surface area contributed by atoms with Crippen LogP contribution in [0.25, 0.3) is 0 Å². The smallest absolute Gasteiger partial charge is 0.0235 e. The Morgan fingerprint density at radius 1 is 1.20 bits per heavy atom. The third-order valence-corrected chi connectivity index (χ3v) is 1.83. The van der Waals surface area contributed by atoms with Gasteiger partial charge in [0, 0.05) is 5.88 Å². The maximum atomic E-state index is 5.55. The Morgan fingerprint density at radius 2 is 1.80 bits per heavy atom. The molecule has 0 amide bonds. The van der Waals surface area contributed by atoms with Gasteiger partial charge in [-0.05, 0) is 33.0 Å². The summed E-state index contributed by atoms with van der Waals surface area (Å²) in [6.07, 6.45) is 3.70. The molecule has 0 aliphatic heterocycles. The molecular weight excluding hydrogens is 146 g/mol. The normalized spacial score (nSPS) is 10.8. The molecule has 0 spiro atoms. The van der Waals surface area contributed by atoms with E-state index in [4.69, 9.17) is 11.6 Å². The molecule has 0 saturated heterocycles. The molecule has 62 valence electrons. The van der Waals surface area contributed by atoms with E-state index in [1.165, 1.54) is 19.4 Å². The van der Waals surface area contributed by atoms with Gasteiger partial charge in [0.1, 0.15) is 0 Å². The first kappa shape index (κ1) is 10.2. The third-order valence-electron chi connectivity index (χ3n) is 1.57. The van der Waals surface area contributed by atoms with Crippen LogP contribution in [0.4, 0.5) is 0 Å². The monoisotopic (exact) mass is 163 g/mol. The van der Waals surface area contributed by atoms with Crippen molar-refractivity contribution in [1.29, 1.82) is 0 Å². The Kier molecular flexibility index (Phi) is 7.54. The zero-order valence-electron chi connectivity index (χ0n) is 7.07. The van der Waals surface area contributed by atoms with Crippen molar-refractivity contribution >= 4 is 11.6 Å². The summed E-state index contributed by atoms with van der Waals surface area (Å²) in [5.74, 6) is 0.788. The molecule has 0 aliphatic carbocycles. The summed E-state index contributed by atoms with van der Waals surface area (Å²) in [5, 5.41) is 0. The van der Waals surface area contributed by atoms with Crippen molar-refractivity contribution in [3.05, 3.63) is 0 Å². The molecule has 0 aromatic carbocycles. The van der Waals surface area contributed by atoms with Crippen molar-refractivity contribution in [2.75, 3.05) is 26.0 Å². The fourth-order valence-electron chi connectivity index (χ4n) is 0.870. The van der Waals surface area contributed by atoms with Crippen LogP contribution in [0, 0.1) is 0 Å². The van der Waals surface area contributed by atoms with Crippen molar-refractivity contribution in [2.24, 2.45) is 0 Å². The minimum Gasteiger partial charge on any atom is -0.306 e. The molecule has 0 aromatic rings. The number of nitrogens with zero attached hydrogens (tertiary/aromatic N) is 1. The maximum absolute atomic E-state index is 5.55. The molecule has 0 aromatic heterocycles. The molecule has 0 rings (SSSR count). The van der Waals surface area contributed by atoms with Gasteiger partial charge in [-0.25, -0.2) is 0 Å². The van der Waals surface area contributed by atoms with E-state index in [-0.39, 0.29) is 0 Å². The molecule has 2 heteroatoms. The van der Waals surface area contributed by atoms with Crippen molar-refractivity contribution in [3.63, 3.8) is 0 Å². The lowest BCUT2D eigenvalue weighted by molar-refractivity contribution is 0.329. The quantitative estimate of drug-likeness (QED) is 0.544. The van der Waals surface area contributed by atoms with E-state index < -0.39 is 0 Å². The van der Waals surface area contributed by atoms with E-state index in [0.717, 1.165) is 18.8 Å². The largest absolute Gasteiger partial charge is 0.306 e. The zero-order chi connectivity index (χ0) is 7.82. The average molecular weight is 164 g/mol. The summed E-state index contributed by atoms with van der Waals surface area (Å²) in [4.78, 5) is 2.34. The number of rotatable bonds is 6. The molecule has 0 N–H and O–H groups in total. The second kappa shape index (κ2) is 7.36. The van der Waals surface area contributed by atoms with Crippen molar-refractivity contribution in [3.8, 4) is 0 Å². The molecule has 10 heavy (non-hydrogen) atoms. The van der Waals surface area contributed by atoms with Crippen LogP contribution in [0.2, 0.25) is 0 Å². The van der Waals surface area contributed by atoms with E-state index in [1.54, 1.807) is 0 Å². The lowest BCUT2D eigenvalue weighted by atomic mass is 10.3. The summed E-state index contributed by atoms with van der Waals surface area (Å²) in [5.41, 5.74) is 0. The third kappa shape index (κ3) is 6.37. The summed E-state index contributed by atoms with van der Waals surface area (Å²) < 4.78 is 0. The molecule has 0 bridgehead atoms. The first-order chi connectivity index (χ1) is 4.81. The average Bonchev–Trinajstić information content (AvgIpc) is 1.97. The SMILES string of the molecule is CCCCN(C)CCCCl. The van der Waals surface area contributed by atoms with Crippen LogP contribution in [0.15, 0.2) is 0 Å².